The van der Waals surface area contributed by atoms with Crippen molar-refractivity contribution in [3.8, 4) is 11.3 Å². The quantitative estimate of drug-likeness (QED) is 0.496. The zero-order chi connectivity index (χ0) is 13.4. The van der Waals surface area contributed by atoms with Gasteiger partial charge in [0.15, 0.2) is 23.3 Å². The lowest BCUT2D eigenvalue weighted by molar-refractivity contribution is 0.381. The van der Waals surface area contributed by atoms with Gasteiger partial charge >= 0.3 is 0 Å². The Labute approximate surface area is 97.4 Å². The van der Waals surface area contributed by atoms with Crippen molar-refractivity contribution in [3.63, 3.8) is 0 Å². The van der Waals surface area contributed by atoms with Crippen molar-refractivity contribution >= 4 is 0 Å². The molecule has 0 bridgehead atoms. The van der Waals surface area contributed by atoms with Crippen LogP contribution in [0.25, 0.3) is 11.3 Å². The highest BCUT2D eigenvalue weighted by Gasteiger charge is 2.27. The first-order valence-electron chi connectivity index (χ1n) is 4.73. The minimum absolute atomic E-state index is 0.0115. The van der Waals surface area contributed by atoms with E-state index in [1.54, 1.807) is 0 Å². The number of halogens is 5. The molecule has 3 nitrogen and oxygen atoms in total. The number of hydrogen-bond donors (Lipinski definition) is 2. The van der Waals surface area contributed by atoms with E-state index < -0.39 is 40.3 Å². The molecule has 2 rings (SSSR count). The van der Waals surface area contributed by atoms with Crippen molar-refractivity contribution < 1.29 is 22.0 Å². The van der Waals surface area contributed by atoms with Gasteiger partial charge in [0, 0.05) is 12.2 Å². The van der Waals surface area contributed by atoms with E-state index in [1.165, 1.54) is 0 Å². The van der Waals surface area contributed by atoms with Crippen LogP contribution in [0.4, 0.5) is 22.0 Å². The third kappa shape index (κ3) is 1.74. The number of H-pyrrole nitrogens is 1. The van der Waals surface area contributed by atoms with Crippen molar-refractivity contribution in [1.82, 2.24) is 10.2 Å². The van der Waals surface area contributed by atoms with Gasteiger partial charge in [-0.1, -0.05) is 0 Å². The minimum atomic E-state index is -2.21. The topological polar surface area (TPSA) is 54.7 Å². The van der Waals surface area contributed by atoms with Gasteiger partial charge in [0.2, 0.25) is 5.82 Å². The van der Waals surface area contributed by atoms with Crippen LogP contribution in [0.5, 0.6) is 0 Å². The average molecular weight is 263 g/mol. The number of nitrogens with two attached hydrogens (primary N) is 1. The predicted molar refractivity (Wildman–Crippen MR) is 51.7 cm³/mol. The maximum Gasteiger partial charge on any atom is 0.200 e. The summed E-state index contributed by atoms with van der Waals surface area (Å²) < 4.78 is 65.5. The van der Waals surface area contributed by atoms with Crippen LogP contribution in [-0.4, -0.2) is 10.2 Å². The van der Waals surface area contributed by atoms with Gasteiger partial charge < -0.3 is 5.73 Å². The van der Waals surface area contributed by atoms with Crippen LogP contribution in [-0.2, 0) is 6.54 Å². The molecule has 18 heavy (non-hydrogen) atoms. The largest absolute Gasteiger partial charge is 0.325 e. The Balaban J connectivity index is 2.71. The molecule has 3 N–H and O–H groups in total. The SMILES string of the molecule is NCc1cc(-c2c(F)c(F)c(F)c(F)c2F)n[nH]1. The summed E-state index contributed by atoms with van der Waals surface area (Å²) in [6.45, 7) is -0.0115. The van der Waals surface area contributed by atoms with Crippen LogP contribution in [0.15, 0.2) is 6.07 Å². The Bertz CT molecular complexity index is 579. The van der Waals surface area contributed by atoms with Crippen LogP contribution in [0, 0.1) is 29.1 Å². The van der Waals surface area contributed by atoms with Gasteiger partial charge in [-0.15, -0.1) is 0 Å². The molecule has 8 heteroatoms. The fourth-order valence-corrected chi connectivity index (χ4v) is 1.42. The molecule has 0 fully saturated rings. The van der Waals surface area contributed by atoms with Gasteiger partial charge in [-0.05, 0) is 6.07 Å². The molecule has 0 radical (unpaired) electrons. The fourth-order valence-electron chi connectivity index (χ4n) is 1.42. The molecule has 96 valence electrons. The highest BCUT2D eigenvalue weighted by atomic mass is 19.2. The highest BCUT2D eigenvalue weighted by Crippen LogP contribution is 2.30. The van der Waals surface area contributed by atoms with E-state index in [9.17, 15) is 22.0 Å². The van der Waals surface area contributed by atoms with Gasteiger partial charge in [0.1, 0.15) is 0 Å². The summed E-state index contributed by atoms with van der Waals surface area (Å²) in [5, 5.41) is 5.76. The Kier molecular flexibility index (Phi) is 3.04. The summed E-state index contributed by atoms with van der Waals surface area (Å²) in [6, 6.07) is 1.11. The molecule has 0 unspecified atom stereocenters. The van der Waals surface area contributed by atoms with Crippen LogP contribution < -0.4 is 5.73 Å². The van der Waals surface area contributed by atoms with E-state index >= 15 is 0 Å². The van der Waals surface area contributed by atoms with E-state index in [4.69, 9.17) is 5.73 Å². The summed E-state index contributed by atoms with van der Waals surface area (Å²) in [7, 11) is 0. The molecule has 0 saturated carbocycles. The summed E-state index contributed by atoms with van der Waals surface area (Å²) in [5.41, 5.74) is 4.05. The third-order valence-electron chi connectivity index (χ3n) is 2.32. The van der Waals surface area contributed by atoms with E-state index in [0.717, 1.165) is 6.07 Å². The van der Waals surface area contributed by atoms with Gasteiger partial charge in [-0.2, -0.15) is 5.10 Å². The Morgan fingerprint density at radius 3 is 1.89 bits per heavy atom. The Hall–Kier alpha value is -1.96. The molecule has 0 spiro atoms. The second-order valence-electron chi connectivity index (χ2n) is 3.43. The van der Waals surface area contributed by atoms with E-state index in [1.807, 2.05) is 0 Å². The summed E-state index contributed by atoms with van der Waals surface area (Å²) in [4.78, 5) is 0. The monoisotopic (exact) mass is 263 g/mol. The number of aromatic amines is 1. The van der Waals surface area contributed by atoms with Crippen molar-refractivity contribution in [3.05, 3.63) is 40.8 Å². The van der Waals surface area contributed by atoms with E-state index in [2.05, 4.69) is 10.2 Å². The number of rotatable bonds is 2. The number of benzene rings is 1. The van der Waals surface area contributed by atoms with Crippen molar-refractivity contribution in [2.45, 2.75) is 6.54 Å². The Morgan fingerprint density at radius 1 is 0.944 bits per heavy atom. The van der Waals surface area contributed by atoms with Gasteiger partial charge in [0.05, 0.1) is 11.3 Å². The van der Waals surface area contributed by atoms with Gasteiger partial charge in [-0.25, -0.2) is 22.0 Å². The number of aromatic nitrogens is 2. The molecule has 1 heterocycles. The number of nitrogens with zero attached hydrogens (tertiary/aromatic N) is 1. The first kappa shape index (κ1) is 12.5. The zero-order valence-electron chi connectivity index (χ0n) is 8.70. The molecule has 1 aromatic heterocycles. The molecular formula is C10H6F5N3. The second-order valence-corrected chi connectivity index (χ2v) is 3.43. The summed E-state index contributed by atoms with van der Waals surface area (Å²) in [5.74, 6) is -10.1. The molecule has 0 atom stereocenters. The first-order valence-corrected chi connectivity index (χ1v) is 4.73. The van der Waals surface area contributed by atoms with Crippen molar-refractivity contribution in [1.29, 1.82) is 0 Å². The van der Waals surface area contributed by atoms with E-state index in [0.29, 0.717) is 5.69 Å². The molecule has 0 aliphatic carbocycles. The molecule has 1 aromatic carbocycles. The van der Waals surface area contributed by atoms with Crippen molar-refractivity contribution in [2.24, 2.45) is 5.73 Å². The molecule has 0 aliphatic rings. The fraction of sp³-hybridized carbons (Fsp3) is 0.100. The Morgan fingerprint density at radius 2 is 1.44 bits per heavy atom. The van der Waals surface area contributed by atoms with E-state index in [-0.39, 0.29) is 6.54 Å². The van der Waals surface area contributed by atoms with Gasteiger partial charge in [-0.3, -0.25) is 5.10 Å². The lowest BCUT2D eigenvalue weighted by Crippen LogP contribution is -2.04. The standard InChI is InChI=1S/C10H6F5N3/c11-6-5(4-1-3(2-16)17-18-4)7(12)9(14)10(15)8(6)13/h1H,2,16H2,(H,17,18). The maximum atomic E-state index is 13.4. The minimum Gasteiger partial charge on any atom is -0.325 e. The number of nitrogens with one attached hydrogen (secondary N) is 1. The molecule has 0 saturated heterocycles. The number of hydrogen-bond acceptors (Lipinski definition) is 2. The maximum absolute atomic E-state index is 13.4. The second kappa shape index (κ2) is 4.37. The predicted octanol–water partition coefficient (Wildman–Crippen LogP) is 2.23. The van der Waals surface area contributed by atoms with Crippen molar-refractivity contribution in [2.75, 3.05) is 0 Å². The average Bonchev–Trinajstić information content (AvgIpc) is 2.83. The molecular weight excluding hydrogens is 257 g/mol. The first-order chi connectivity index (χ1) is 8.47. The smallest absolute Gasteiger partial charge is 0.200 e. The highest BCUT2D eigenvalue weighted by molar-refractivity contribution is 5.61. The molecule has 2 aromatic rings. The molecule has 0 aliphatic heterocycles. The van der Waals surface area contributed by atoms with Crippen LogP contribution >= 0.6 is 0 Å². The van der Waals surface area contributed by atoms with Crippen LogP contribution in [0.1, 0.15) is 5.69 Å². The van der Waals surface area contributed by atoms with Crippen LogP contribution in [0.3, 0.4) is 0 Å². The van der Waals surface area contributed by atoms with Crippen LogP contribution in [0.2, 0.25) is 0 Å². The van der Waals surface area contributed by atoms with Gasteiger partial charge in [0.25, 0.3) is 0 Å². The molecule has 0 amide bonds. The third-order valence-corrected chi connectivity index (χ3v) is 2.32. The normalized spacial score (nSPS) is 11.0. The summed E-state index contributed by atoms with van der Waals surface area (Å²) in [6.07, 6.45) is 0. The summed E-state index contributed by atoms with van der Waals surface area (Å²) >= 11 is 0. The lowest BCUT2D eigenvalue weighted by Gasteiger charge is -2.05. The lowest BCUT2D eigenvalue weighted by atomic mass is 10.1. The zero-order valence-corrected chi connectivity index (χ0v) is 8.70.